The van der Waals surface area contributed by atoms with Gasteiger partial charge in [-0.25, -0.2) is 0 Å². The van der Waals surface area contributed by atoms with Crippen LogP contribution in [0.2, 0.25) is 39.3 Å². The van der Waals surface area contributed by atoms with Gasteiger partial charge >= 0.3 is 0 Å². The van der Waals surface area contributed by atoms with Crippen molar-refractivity contribution in [2.45, 2.75) is 39.3 Å². The Kier molecular flexibility index (Phi) is 4.06. The average molecular weight is 200 g/mol. The van der Waals surface area contributed by atoms with E-state index in [4.69, 9.17) is 0 Å². The molecule has 0 aliphatic rings. The summed E-state index contributed by atoms with van der Waals surface area (Å²) >= 11 is 0. The average Bonchev–Trinajstić information content (AvgIpc) is 1.76. The molecule has 0 fully saturated rings. The third-order valence-corrected chi connectivity index (χ3v) is 2.74. The minimum atomic E-state index is -1.14. The van der Waals surface area contributed by atoms with Crippen molar-refractivity contribution in [2.75, 3.05) is 0 Å². The Morgan fingerprint density at radius 1 is 0.667 bits per heavy atom. The van der Waals surface area contributed by atoms with E-state index < -0.39 is 16.1 Å². The highest BCUT2D eigenvalue weighted by Gasteiger charge is 2.09. The van der Waals surface area contributed by atoms with Gasteiger partial charge in [0.2, 0.25) is 0 Å². The van der Waals surface area contributed by atoms with Crippen molar-refractivity contribution in [3.63, 3.8) is 0 Å². The molecule has 0 rings (SSSR count). The second-order valence-corrected chi connectivity index (χ2v) is 15.2. The lowest BCUT2D eigenvalue weighted by Gasteiger charge is -2.06. The van der Waals surface area contributed by atoms with Gasteiger partial charge in [-0.05, 0) is 0 Å². The molecule has 0 aliphatic carbocycles. The van der Waals surface area contributed by atoms with E-state index in [0.717, 1.165) is 0 Å². The van der Waals surface area contributed by atoms with E-state index in [0.29, 0.717) is 0 Å². The van der Waals surface area contributed by atoms with Crippen LogP contribution in [0, 0.1) is 0 Å². The molecule has 0 bridgehead atoms. The first kappa shape index (κ1) is 11.8. The standard InChI is InChI=1S/C8H20N2Si2/c1-11(2,3)7-9-10-8-12(4,5)6/h7-8H,1-6H3/b9-7+,10-8+. The first-order valence-corrected chi connectivity index (χ1v) is 11.4. The molecule has 4 heteroatoms. The third-order valence-electron chi connectivity index (χ3n) is 0.957. The molecule has 0 aromatic rings. The molecule has 0 saturated heterocycles. The minimum absolute atomic E-state index is 1.14. The smallest absolute Gasteiger partial charge is 0.0941 e. The zero-order valence-corrected chi connectivity index (χ0v) is 11.0. The highest BCUT2D eigenvalue weighted by molar-refractivity contribution is 7.00. The van der Waals surface area contributed by atoms with E-state index in [1.165, 1.54) is 0 Å². The Labute approximate surface area is 77.8 Å². The molecular weight excluding hydrogens is 180 g/mol. The summed E-state index contributed by atoms with van der Waals surface area (Å²) in [7, 11) is -2.29. The van der Waals surface area contributed by atoms with Gasteiger partial charge in [0.25, 0.3) is 0 Å². The predicted octanol–water partition coefficient (Wildman–Crippen LogP) is 2.80. The van der Waals surface area contributed by atoms with E-state index in [2.05, 4.69) is 49.5 Å². The molecule has 0 unspecified atom stereocenters. The molecule has 0 saturated carbocycles. The first-order valence-electron chi connectivity index (χ1n) is 4.29. The van der Waals surface area contributed by atoms with Gasteiger partial charge in [-0.2, -0.15) is 10.2 Å². The highest BCUT2D eigenvalue weighted by atomic mass is 28.3. The molecule has 0 aliphatic heterocycles. The SMILES string of the molecule is C[Si](C)(C)/C=N/N=C/[Si](C)(C)C. The van der Waals surface area contributed by atoms with Gasteiger partial charge in [0.05, 0.1) is 16.1 Å². The molecule has 0 heterocycles. The fraction of sp³-hybridized carbons (Fsp3) is 0.750. The monoisotopic (exact) mass is 200 g/mol. The lowest BCUT2D eigenvalue weighted by Crippen LogP contribution is -2.23. The zero-order valence-electron chi connectivity index (χ0n) is 9.05. The van der Waals surface area contributed by atoms with E-state index in [1.54, 1.807) is 0 Å². The molecule has 0 N–H and O–H groups in total. The topological polar surface area (TPSA) is 24.7 Å². The van der Waals surface area contributed by atoms with Crippen LogP contribution in [0.5, 0.6) is 0 Å². The van der Waals surface area contributed by atoms with Crippen LogP contribution in [-0.4, -0.2) is 27.8 Å². The molecule has 2 nitrogen and oxygen atoms in total. The quantitative estimate of drug-likeness (QED) is 0.380. The molecule has 0 aromatic carbocycles. The van der Waals surface area contributed by atoms with Gasteiger partial charge in [-0.3, -0.25) is 0 Å². The molecule has 70 valence electrons. The maximum atomic E-state index is 4.07. The van der Waals surface area contributed by atoms with Crippen molar-refractivity contribution in [3.05, 3.63) is 0 Å². The lowest BCUT2D eigenvalue weighted by molar-refractivity contribution is 1.28. The fourth-order valence-corrected chi connectivity index (χ4v) is 1.24. The third kappa shape index (κ3) is 9.77. The zero-order chi connectivity index (χ0) is 9.83. The molecule has 0 aromatic heterocycles. The van der Waals surface area contributed by atoms with Crippen molar-refractivity contribution in [1.29, 1.82) is 0 Å². The normalized spacial score (nSPS) is 14.8. The molecule has 0 spiro atoms. The van der Waals surface area contributed by atoms with Gasteiger partial charge in [0, 0.05) is 11.7 Å². The van der Waals surface area contributed by atoms with Gasteiger partial charge < -0.3 is 0 Å². The Morgan fingerprint density at radius 2 is 0.917 bits per heavy atom. The van der Waals surface area contributed by atoms with E-state index in [9.17, 15) is 0 Å². The van der Waals surface area contributed by atoms with E-state index in [1.807, 2.05) is 11.7 Å². The number of rotatable bonds is 3. The molecular formula is C8H20N2Si2. The van der Waals surface area contributed by atoms with Crippen LogP contribution in [0.4, 0.5) is 0 Å². The van der Waals surface area contributed by atoms with Gasteiger partial charge in [-0.1, -0.05) is 39.3 Å². The van der Waals surface area contributed by atoms with Crippen molar-refractivity contribution >= 4 is 27.8 Å². The van der Waals surface area contributed by atoms with E-state index >= 15 is 0 Å². The fourth-order valence-electron chi connectivity index (χ4n) is 0.413. The molecule has 0 amide bonds. The first-order chi connectivity index (χ1) is 5.21. The maximum absolute atomic E-state index is 4.07. The highest BCUT2D eigenvalue weighted by Crippen LogP contribution is 1.97. The maximum Gasteiger partial charge on any atom is 0.0941 e. The Balaban J connectivity index is 4.00. The second-order valence-electron chi connectivity index (χ2n) is 5.22. The summed E-state index contributed by atoms with van der Waals surface area (Å²) in [6.45, 7) is 13.5. The summed E-state index contributed by atoms with van der Waals surface area (Å²) in [5, 5.41) is 8.14. The van der Waals surface area contributed by atoms with Crippen molar-refractivity contribution < 1.29 is 0 Å². The van der Waals surface area contributed by atoms with Crippen LogP contribution >= 0.6 is 0 Å². The summed E-state index contributed by atoms with van der Waals surface area (Å²) < 4.78 is 0. The Morgan fingerprint density at radius 3 is 1.08 bits per heavy atom. The van der Waals surface area contributed by atoms with Crippen molar-refractivity contribution in [3.8, 4) is 0 Å². The largest absolute Gasteiger partial charge is 0.169 e. The van der Waals surface area contributed by atoms with Crippen LogP contribution in [0.1, 0.15) is 0 Å². The Hall–Kier alpha value is -0.226. The summed E-state index contributed by atoms with van der Waals surface area (Å²) in [5.41, 5.74) is 0. The van der Waals surface area contributed by atoms with Crippen LogP contribution in [0.15, 0.2) is 10.2 Å². The number of hydrogen-bond acceptors (Lipinski definition) is 2. The van der Waals surface area contributed by atoms with Crippen LogP contribution in [-0.2, 0) is 0 Å². The Bertz CT molecular complexity index is 162. The number of nitrogens with zero attached hydrogens (tertiary/aromatic N) is 2. The molecule has 12 heavy (non-hydrogen) atoms. The lowest BCUT2D eigenvalue weighted by atomic mass is 11.6. The van der Waals surface area contributed by atoms with Crippen LogP contribution in [0.3, 0.4) is 0 Å². The van der Waals surface area contributed by atoms with E-state index in [-0.39, 0.29) is 0 Å². The minimum Gasteiger partial charge on any atom is -0.169 e. The van der Waals surface area contributed by atoms with Crippen molar-refractivity contribution in [1.82, 2.24) is 0 Å². The summed E-state index contributed by atoms with van der Waals surface area (Å²) in [5.74, 6) is 4.04. The van der Waals surface area contributed by atoms with Gasteiger partial charge in [0.1, 0.15) is 0 Å². The second kappa shape index (κ2) is 4.14. The summed E-state index contributed by atoms with van der Waals surface area (Å²) in [4.78, 5) is 0. The van der Waals surface area contributed by atoms with Gasteiger partial charge in [-0.15, -0.1) is 0 Å². The molecule has 0 radical (unpaired) electrons. The summed E-state index contributed by atoms with van der Waals surface area (Å²) in [6.07, 6.45) is 0. The van der Waals surface area contributed by atoms with Crippen LogP contribution in [0.25, 0.3) is 0 Å². The van der Waals surface area contributed by atoms with Gasteiger partial charge in [0.15, 0.2) is 0 Å². The van der Waals surface area contributed by atoms with Crippen LogP contribution < -0.4 is 0 Å². The van der Waals surface area contributed by atoms with Crippen molar-refractivity contribution in [2.24, 2.45) is 10.2 Å². The number of hydrogen-bond donors (Lipinski definition) is 0. The summed E-state index contributed by atoms with van der Waals surface area (Å²) in [6, 6.07) is 0. The molecule has 0 atom stereocenters. The predicted molar refractivity (Wildman–Crippen MR) is 63.7 cm³/mol.